The third-order valence-electron chi connectivity index (χ3n) is 2.95. The number of nitrogens with two attached hydrogens (primary N) is 1. The zero-order chi connectivity index (χ0) is 11.3. The van der Waals surface area contributed by atoms with Crippen LogP contribution in [-0.4, -0.2) is 29.8 Å². The predicted molar refractivity (Wildman–Crippen MR) is 58.0 cm³/mol. The summed E-state index contributed by atoms with van der Waals surface area (Å²) in [5, 5.41) is 0. The van der Waals surface area contributed by atoms with Gasteiger partial charge in [0, 0.05) is 25.9 Å². The maximum Gasteiger partial charge on any atom is 0.232 e. The molecule has 4 nitrogen and oxygen atoms in total. The highest BCUT2D eigenvalue weighted by molar-refractivity contribution is 5.95. The van der Waals surface area contributed by atoms with Crippen molar-refractivity contribution >= 4 is 11.8 Å². The lowest BCUT2D eigenvalue weighted by atomic mass is 9.88. The summed E-state index contributed by atoms with van der Waals surface area (Å²) >= 11 is 0. The molecule has 0 heterocycles. The Hall–Kier alpha value is -0.900. The molecule has 1 fully saturated rings. The minimum atomic E-state index is -0.184. The van der Waals surface area contributed by atoms with Crippen molar-refractivity contribution in [3.8, 4) is 0 Å². The molecule has 1 aliphatic rings. The van der Waals surface area contributed by atoms with Crippen LogP contribution < -0.4 is 5.73 Å². The monoisotopic (exact) mass is 212 g/mol. The molecular formula is C11H20N2O2. The van der Waals surface area contributed by atoms with Gasteiger partial charge in [-0.1, -0.05) is 19.3 Å². The number of imide groups is 1. The molecule has 0 unspecified atom stereocenters. The van der Waals surface area contributed by atoms with Crippen LogP contribution in [0.1, 0.15) is 39.0 Å². The van der Waals surface area contributed by atoms with E-state index in [1.807, 2.05) is 0 Å². The molecule has 0 spiro atoms. The van der Waals surface area contributed by atoms with Crippen molar-refractivity contribution in [3.63, 3.8) is 0 Å². The molecule has 4 heteroatoms. The second-order valence-corrected chi connectivity index (χ2v) is 4.13. The Bertz CT molecular complexity index is 235. The first kappa shape index (κ1) is 12.2. The number of carbonyl (C=O) groups is 2. The summed E-state index contributed by atoms with van der Waals surface area (Å²) < 4.78 is 0. The summed E-state index contributed by atoms with van der Waals surface area (Å²) in [4.78, 5) is 24.5. The standard InChI is InChI=1S/C11H20N2O2/c1-9(14)13(8-7-12)11(15)10-5-3-2-4-6-10/h10H,2-8,12H2,1H3. The zero-order valence-electron chi connectivity index (χ0n) is 9.37. The van der Waals surface area contributed by atoms with Gasteiger partial charge >= 0.3 is 0 Å². The summed E-state index contributed by atoms with van der Waals surface area (Å²) in [5.74, 6) is -0.155. The molecule has 0 bridgehead atoms. The van der Waals surface area contributed by atoms with Gasteiger partial charge in [-0.3, -0.25) is 14.5 Å². The quantitative estimate of drug-likeness (QED) is 0.756. The highest BCUT2D eigenvalue weighted by Crippen LogP contribution is 2.25. The second kappa shape index (κ2) is 5.85. The van der Waals surface area contributed by atoms with Gasteiger partial charge in [-0.2, -0.15) is 0 Å². The lowest BCUT2D eigenvalue weighted by molar-refractivity contribution is -0.146. The van der Waals surface area contributed by atoms with Crippen molar-refractivity contribution in [1.82, 2.24) is 4.90 Å². The first-order valence-corrected chi connectivity index (χ1v) is 5.69. The van der Waals surface area contributed by atoms with Crippen molar-refractivity contribution in [1.29, 1.82) is 0 Å². The average Bonchev–Trinajstić information content (AvgIpc) is 2.26. The molecule has 0 aromatic carbocycles. The lowest BCUT2D eigenvalue weighted by Gasteiger charge is -2.26. The molecule has 86 valence electrons. The Balaban J connectivity index is 2.57. The Kier molecular flexibility index (Phi) is 4.75. The summed E-state index contributed by atoms with van der Waals surface area (Å²) in [5.41, 5.74) is 5.39. The molecule has 0 aliphatic heterocycles. The van der Waals surface area contributed by atoms with Gasteiger partial charge in [0.05, 0.1) is 0 Å². The maximum absolute atomic E-state index is 12.0. The summed E-state index contributed by atoms with van der Waals surface area (Å²) in [6.07, 6.45) is 5.26. The van der Waals surface area contributed by atoms with Crippen LogP contribution >= 0.6 is 0 Å². The van der Waals surface area contributed by atoms with E-state index in [1.165, 1.54) is 18.2 Å². The third-order valence-corrected chi connectivity index (χ3v) is 2.95. The maximum atomic E-state index is 12.0. The highest BCUT2D eigenvalue weighted by Gasteiger charge is 2.27. The van der Waals surface area contributed by atoms with Crippen LogP contribution in [-0.2, 0) is 9.59 Å². The van der Waals surface area contributed by atoms with Crippen LogP contribution in [0.5, 0.6) is 0 Å². The normalized spacial score (nSPS) is 17.5. The minimum Gasteiger partial charge on any atom is -0.329 e. The van der Waals surface area contributed by atoms with Gasteiger partial charge in [-0.05, 0) is 12.8 Å². The smallest absolute Gasteiger partial charge is 0.232 e. The fraction of sp³-hybridized carbons (Fsp3) is 0.818. The van der Waals surface area contributed by atoms with Crippen molar-refractivity contribution in [2.24, 2.45) is 11.7 Å². The van der Waals surface area contributed by atoms with E-state index in [0.29, 0.717) is 13.1 Å². The molecule has 0 aromatic rings. The van der Waals surface area contributed by atoms with Gasteiger partial charge in [0.1, 0.15) is 0 Å². The van der Waals surface area contributed by atoms with E-state index in [9.17, 15) is 9.59 Å². The Labute approximate surface area is 90.8 Å². The van der Waals surface area contributed by atoms with Gasteiger partial charge in [-0.25, -0.2) is 0 Å². The van der Waals surface area contributed by atoms with Gasteiger partial charge in [0.25, 0.3) is 0 Å². The van der Waals surface area contributed by atoms with E-state index in [0.717, 1.165) is 25.7 Å². The Morgan fingerprint density at radius 1 is 1.27 bits per heavy atom. The number of nitrogens with zero attached hydrogens (tertiary/aromatic N) is 1. The van der Waals surface area contributed by atoms with Crippen molar-refractivity contribution in [2.75, 3.05) is 13.1 Å². The van der Waals surface area contributed by atoms with E-state index in [1.54, 1.807) is 0 Å². The summed E-state index contributed by atoms with van der Waals surface area (Å²) in [7, 11) is 0. The molecule has 1 rings (SSSR count). The largest absolute Gasteiger partial charge is 0.329 e. The summed E-state index contributed by atoms with van der Waals surface area (Å²) in [6, 6.07) is 0. The van der Waals surface area contributed by atoms with Crippen molar-refractivity contribution in [2.45, 2.75) is 39.0 Å². The number of amides is 2. The number of carbonyl (C=O) groups excluding carboxylic acids is 2. The lowest BCUT2D eigenvalue weighted by Crippen LogP contribution is -2.42. The second-order valence-electron chi connectivity index (χ2n) is 4.13. The first-order valence-electron chi connectivity index (χ1n) is 5.69. The van der Waals surface area contributed by atoms with Crippen molar-refractivity contribution in [3.05, 3.63) is 0 Å². The van der Waals surface area contributed by atoms with Crippen LogP contribution in [0.2, 0.25) is 0 Å². The van der Waals surface area contributed by atoms with E-state index in [4.69, 9.17) is 5.73 Å². The molecule has 2 N–H and O–H groups in total. The first-order chi connectivity index (χ1) is 7.16. The van der Waals surface area contributed by atoms with E-state index < -0.39 is 0 Å². The van der Waals surface area contributed by atoms with Crippen LogP contribution in [0, 0.1) is 5.92 Å². The van der Waals surface area contributed by atoms with E-state index in [-0.39, 0.29) is 17.7 Å². The van der Waals surface area contributed by atoms with Gasteiger partial charge in [0.2, 0.25) is 11.8 Å². The van der Waals surface area contributed by atoms with E-state index in [2.05, 4.69) is 0 Å². The van der Waals surface area contributed by atoms with Crippen LogP contribution in [0.3, 0.4) is 0 Å². The van der Waals surface area contributed by atoms with Gasteiger partial charge in [0.15, 0.2) is 0 Å². The van der Waals surface area contributed by atoms with Crippen LogP contribution in [0.25, 0.3) is 0 Å². The van der Waals surface area contributed by atoms with Gasteiger partial charge in [-0.15, -0.1) is 0 Å². The molecule has 0 saturated heterocycles. The van der Waals surface area contributed by atoms with Crippen LogP contribution in [0.4, 0.5) is 0 Å². The zero-order valence-corrected chi connectivity index (χ0v) is 9.37. The highest BCUT2D eigenvalue weighted by atomic mass is 16.2. The molecule has 2 amide bonds. The van der Waals surface area contributed by atoms with Gasteiger partial charge < -0.3 is 5.73 Å². The number of hydrogen-bond acceptors (Lipinski definition) is 3. The fourth-order valence-corrected chi connectivity index (χ4v) is 2.12. The molecule has 0 radical (unpaired) electrons. The Morgan fingerprint density at radius 2 is 1.87 bits per heavy atom. The number of hydrogen-bond donors (Lipinski definition) is 1. The molecule has 0 atom stereocenters. The molecule has 1 saturated carbocycles. The average molecular weight is 212 g/mol. The topological polar surface area (TPSA) is 63.4 Å². The molecule has 1 aliphatic carbocycles. The molecule has 0 aromatic heterocycles. The molecule has 15 heavy (non-hydrogen) atoms. The number of rotatable bonds is 3. The van der Waals surface area contributed by atoms with Crippen molar-refractivity contribution < 1.29 is 9.59 Å². The summed E-state index contributed by atoms with van der Waals surface area (Å²) in [6.45, 7) is 2.12. The fourth-order valence-electron chi connectivity index (χ4n) is 2.12. The van der Waals surface area contributed by atoms with Crippen LogP contribution in [0.15, 0.2) is 0 Å². The molecular weight excluding hydrogens is 192 g/mol. The SMILES string of the molecule is CC(=O)N(CCN)C(=O)C1CCCCC1. The predicted octanol–water partition coefficient (Wildman–Crippen LogP) is 0.900. The van der Waals surface area contributed by atoms with E-state index >= 15 is 0 Å². The minimum absolute atomic E-state index is 0.0207. The third kappa shape index (κ3) is 3.30. The Morgan fingerprint density at radius 3 is 2.33 bits per heavy atom.